The zero-order valence-electron chi connectivity index (χ0n) is 11.2. The summed E-state index contributed by atoms with van der Waals surface area (Å²) in [6, 6.07) is 11.6. The van der Waals surface area contributed by atoms with Crippen LogP contribution >= 0.6 is 15.9 Å². The van der Waals surface area contributed by atoms with Crippen LogP contribution in [0.3, 0.4) is 0 Å². The maximum absolute atomic E-state index is 12.4. The maximum atomic E-state index is 12.4. The second-order valence-electron chi connectivity index (χ2n) is 4.45. The second-order valence-corrected chi connectivity index (χ2v) is 5.37. The van der Waals surface area contributed by atoms with Gasteiger partial charge in [0, 0.05) is 16.2 Å². The topological polar surface area (TPSA) is 29.1 Å². The van der Waals surface area contributed by atoms with Crippen LogP contribution in [0.25, 0.3) is 6.08 Å². The lowest BCUT2D eigenvalue weighted by molar-refractivity contribution is -0.137. The number of amides is 1. The van der Waals surface area contributed by atoms with Crippen molar-refractivity contribution in [2.24, 2.45) is 0 Å². The third-order valence-electron chi connectivity index (χ3n) is 2.76. The number of alkyl halides is 3. The largest absolute Gasteiger partial charge is 0.416 e. The summed E-state index contributed by atoms with van der Waals surface area (Å²) in [6.07, 6.45) is -1.45. The number of benzene rings is 2. The normalized spacial score (nSPS) is 11.6. The fraction of sp³-hybridized carbons (Fsp3) is 0.0625. The van der Waals surface area contributed by atoms with E-state index in [0.29, 0.717) is 5.69 Å². The van der Waals surface area contributed by atoms with Crippen molar-refractivity contribution in [1.82, 2.24) is 0 Å². The SMILES string of the molecule is O=C(/C=C/c1cccc(Br)c1)Nc1ccc(C(F)(F)F)cc1. The Hall–Kier alpha value is -2.08. The highest BCUT2D eigenvalue weighted by Gasteiger charge is 2.29. The first kappa shape index (κ1) is 16.3. The van der Waals surface area contributed by atoms with Gasteiger partial charge < -0.3 is 5.32 Å². The van der Waals surface area contributed by atoms with Crippen LogP contribution in [0, 0.1) is 0 Å². The smallest absolute Gasteiger partial charge is 0.323 e. The molecular formula is C16H11BrF3NO. The van der Waals surface area contributed by atoms with E-state index in [1.54, 1.807) is 6.08 Å². The van der Waals surface area contributed by atoms with Crippen LogP contribution in [0.5, 0.6) is 0 Å². The number of hydrogen-bond acceptors (Lipinski definition) is 1. The molecule has 22 heavy (non-hydrogen) atoms. The van der Waals surface area contributed by atoms with E-state index in [0.717, 1.165) is 22.2 Å². The van der Waals surface area contributed by atoms with E-state index in [2.05, 4.69) is 21.2 Å². The molecule has 2 aromatic rings. The molecule has 0 heterocycles. The van der Waals surface area contributed by atoms with Crippen LogP contribution in [0.4, 0.5) is 18.9 Å². The van der Waals surface area contributed by atoms with Gasteiger partial charge in [-0.05, 0) is 48.0 Å². The van der Waals surface area contributed by atoms with Crippen molar-refractivity contribution in [2.75, 3.05) is 5.32 Å². The van der Waals surface area contributed by atoms with Gasteiger partial charge >= 0.3 is 6.18 Å². The fourth-order valence-corrected chi connectivity index (χ4v) is 2.13. The summed E-state index contributed by atoms with van der Waals surface area (Å²) in [6.45, 7) is 0. The van der Waals surface area contributed by atoms with Crippen LogP contribution in [-0.4, -0.2) is 5.91 Å². The Labute approximate surface area is 133 Å². The number of hydrogen-bond donors (Lipinski definition) is 1. The summed E-state index contributed by atoms with van der Waals surface area (Å²) in [5.41, 5.74) is 0.379. The van der Waals surface area contributed by atoms with Crippen LogP contribution in [-0.2, 0) is 11.0 Å². The number of nitrogens with one attached hydrogen (secondary N) is 1. The third-order valence-corrected chi connectivity index (χ3v) is 3.25. The van der Waals surface area contributed by atoms with Crippen LogP contribution in [0.1, 0.15) is 11.1 Å². The van der Waals surface area contributed by atoms with Crippen molar-refractivity contribution < 1.29 is 18.0 Å². The summed E-state index contributed by atoms with van der Waals surface area (Å²) in [7, 11) is 0. The number of carbonyl (C=O) groups is 1. The molecule has 0 unspecified atom stereocenters. The first-order valence-electron chi connectivity index (χ1n) is 6.26. The molecular weight excluding hydrogens is 359 g/mol. The van der Waals surface area contributed by atoms with Gasteiger partial charge in [-0.25, -0.2) is 0 Å². The van der Waals surface area contributed by atoms with Crippen LogP contribution in [0.2, 0.25) is 0 Å². The average Bonchev–Trinajstić information content (AvgIpc) is 2.45. The van der Waals surface area contributed by atoms with Crippen LogP contribution < -0.4 is 5.32 Å². The van der Waals surface area contributed by atoms with Crippen molar-refractivity contribution in [3.63, 3.8) is 0 Å². The molecule has 2 nitrogen and oxygen atoms in total. The molecule has 0 aliphatic rings. The molecule has 6 heteroatoms. The highest BCUT2D eigenvalue weighted by molar-refractivity contribution is 9.10. The Morgan fingerprint density at radius 1 is 1.09 bits per heavy atom. The molecule has 0 aliphatic carbocycles. The second kappa shape index (κ2) is 6.79. The third kappa shape index (κ3) is 4.73. The van der Waals surface area contributed by atoms with Crippen LogP contribution in [0.15, 0.2) is 59.1 Å². The summed E-state index contributed by atoms with van der Waals surface area (Å²) < 4.78 is 38.1. The molecule has 2 aromatic carbocycles. The lowest BCUT2D eigenvalue weighted by Crippen LogP contribution is -2.09. The number of anilines is 1. The van der Waals surface area contributed by atoms with Gasteiger partial charge in [0.25, 0.3) is 0 Å². The minimum atomic E-state index is -4.39. The Bertz CT molecular complexity index is 693. The Morgan fingerprint density at radius 2 is 1.77 bits per heavy atom. The molecule has 0 spiro atoms. The van der Waals surface area contributed by atoms with Gasteiger partial charge in [-0.1, -0.05) is 28.1 Å². The zero-order valence-corrected chi connectivity index (χ0v) is 12.8. The monoisotopic (exact) mass is 369 g/mol. The predicted molar refractivity (Wildman–Crippen MR) is 83.2 cm³/mol. The number of halogens is 4. The molecule has 1 N–H and O–H groups in total. The summed E-state index contributed by atoms with van der Waals surface area (Å²) in [5.74, 6) is -0.417. The molecule has 0 aromatic heterocycles. The van der Waals surface area contributed by atoms with E-state index in [1.165, 1.54) is 18.2 Å². The molecule has 114 valence electrons. The van der Waals surface area contributed by atoms with Gasteiger partial charge in [0.2, 0.25) is 5.91 Å². The number of carbonyl (C=O) groups excluding carboxylic acids is 1. The van der Waals surface area contributed by atoms with Gasteiger partial charge in [-0.2, -0.15) is 13.2 Å². The minimum Gasteiger partial charge on any atom is -0.323 e. The zero-order chi connectivity index (χ0) is 16.2. The highest BCUT2D eigenvalue weighted by atomic mass is 79.9. The molecule has 1 amide bonds. The van der Waals surface area contributed by atoms with Crippen molar-refractivity contribution in [2.45, 2.75) is 6.18 Å². The van der Waals surface area contributed by atoms with Gasteiger partial charge in [0.1, 0.15) is 0 Å². The van der Waals surface area contributed by atoms with E-state index in [4.69, 9.17) is 0 Å². The van der Waals surface area contributed by atoms with Crippen molar-refractivity contribution in [3.8, 4) is 0 Å². The standard InChI is InChI=1S/C16H11BrF3NO/c17-13-3-1-2-11(10-13)4-9-15(22)21-14-7-5-12(6-8-14)16(18,19)20/h1-10H,(H,21,22)/b9-4+. The summed E-state index contributed by atoms with van der Waals surface area (Å²) in [5, 5.41) is 2.50. The lowest BCUT2D eigenvalue weighted by Gasteiger charge is -2.07. The first-order valence-corrected chi connectivity index (χ1v) is 7.06. The van der Waals surface area contributed by atoms with Gasteiger partial charge in [-0.15, -0.1) is 0 Å². The van der Waals surface area contributed by atoms with Crippen molar-refractivity contribution >= 4 is 33.6 Å². The average molecular weight is 370 g/mol. The molecule has 0 aliphatic heterocycles. The molecule has 0 fully saturated rings. The van der Waals surface area contributed by atoms with E-state index in [9.17, 15) is 18.0 Å². The van der Waals surface area contributed by atoms with E-state index in [-0.39, 0.29) is 0 Å². The van der Waals surface area contributed by atoms with Gasteiger partial charge in [-0.3, -0.25) is 4.79 Å². The Kier molecular flexibility index (Phi) is 5.03. The quantitative estimate of drug-likeness (QED) is 0.747. The maximum Gasteiger partial charge on any atom is 0.416 e. The summed E-state index contributed by atoms with van der Waals surface area (Å²) in [4.78, 5) is 11.7. The van der Waals surface area contributed by atoms with E-state index >= 15 is 0 Å². The molecule has 2 rings (SSSR count). The minimum absolute atomic E-state index is 0.303. The fourth-order valence-electron chi connectivity index (χ4n) is 1.71. The van der Waals surface area contributed by atoms with Gasteiger partial charge in [0.15, 0.2) is 0 Å². The highest BCUT2D eigenvalue weighted by Crippen LogP contribution is 2.29. The molecule has 0 saturated carbocycles. The Morgan fingerprint density at radius 3 is 2.36 bits per heavy atom. The van der Waals surface area contributed by atoms with E-state index < -0.39 is 17.6 Å². The van der Waals surface area contributed by atoms with Crippen molar-refractivity contribution in [1.29, 1.82) is 0 Å². The number of rotatable bonds is 3. The molecule has 0 atom stereocenters. The lowest BCUT2D eigenvalue weighted by atomic mass is 10.2. The molecule has 0 radical (unpaired) electrons. The summed E-state index contributed by atoms with van der Waals surface area (Å²) >= 11 is 3.32. The predicted octanol–water partition coefficient (Wildman–Crippen LogP) is 5.12. The molecule has 0 saturated heterocycles. The first-order chi connectivity index (χ1) is 10.3. The molecule has 0 bridgehead atoms. The Balaban J connectivity index is 2.00. The van der Waals surface area contributed by atoms with E-state index in [1.807, 2.05) is 24.3 Å². The van der Waals surface area contributed by atoms with Gasteiger partial charge in [0.05, 0.1) is 5.56 Å². The van der Waals surface area contributed by atoms with Crippen molar-refractivity contribution in [3.05, 3.63) is 70.2 Å².